The number of nitrogens with one attached hydrogen (secondary N) is 2. The molecule has 1 unspecified atom stereocenters. The summed E-state index contributed by atoms with van der Waals surface area (Å²) in [6.45, 7) is 0.387. The number of fused-ring (bicyclic) bond motifs is 2. The fourth-order valence-corrected chi connectivity index (χ4v) is 6.41. The highest BCUT2D eigenvalue weighted by atomic mass is 35.5. The molecule has 1 fully saturated rings. The van der Waals surface area contributed by atoms with Gasteiger partial charge in [0.15, 0.2) is 0 Å². The van der Waals surface area contributed by atoms with E-state index in [2.05, 4.69) is 15.0 Å². The van der Waals surface area contributed by atoms with Crippen LogP contribution in [0.3, 0.4) is 0 Å². The minimum Gasteiger partial charge on any atom is -0.394 e. The predicted octanol–water partition coefficient (Wildman–Crippen LogP) is 2.77. The van der Waals surface area contributed by atoms with Crippen LogP contribution in [0.5, 0.6) is 0 Å². The summed E-state index contributed by atoms with van der Waals surface area (Å²) in [6.07, 6.45) is 4.56. The molecule has 42 heavy (non-hydrogen) atoms. The Balaban J connectivity index is 0.00000405. The number of anilines is 1. The molecule has 1 aromatic heterocycles. The molecule has 1 aliphatic heterocycles. The molecule has 222 valence electrons. The second-order valence-corrected chi connectivity index (χ2v) is 12.0. The Morgan fingerprint density at radius 3 is 2.40 bits per heavy atom. The summed E-state index contributed by atoms with van der Waals surface area (Å²) in [6, 6.07) is 16.9. The molecule has 2 atom stereocenters. The smallest absolute Gasteiger partial charge is 0.245 e. The number of hydrogen-bond acceptors (Lipinski definition) is 7. The number of rotatable bonds is 9. The number of hydrogen-bond donors (Lipinski definition) is 4. The van der Waals surface area contributed by atoms with Gasteiger partial charge in [0.2, 0.25) is 21.8 Å². The van der Waals surface area contributed by atoms with Gasteiger partial charge in [0.05, 0.1) is 11.5 Å². The first kappa shape index (κ1) is 31.2. The molecule has 5 rings (SSSR count). The van der Waals surface area contributed by atoms with E-state index in [4.69, 9.17) is 5.73 Å². The van der Waals surface area contributed by atoms with Crippen LogP contribution in [-0.2, 0) is 26.0 Å². The molecule has 0 bridgehead atoms. The van der Waals surface area contributed by atoms with Crippen LogP contribution in [0.15, 0.2) is 77.8 Å². The van der Waals surface area contributed by atoms with E-state index in [0.717, 1.165) is 46.4 Å². The number of aliphatic hydroxyl groups is 1. The van der Waals surface area contributed by atoms with Gasteiger partial charge in [0, 0.05) is 31.1 Å². The average molecular weight is 612 g/mol. The number of sulfonamides is 1. The molecular formula is C30H34ClN5O5S. The first-order valence-corrected chi connectivity index (χ1v) is 15.1. The van der Waals surface area contributed by atoms with Crippen molar-refractivity contribution in [3.63, 3.8) is 0 Å². The van der Waals surface area contributed by atoms with Crippen LogP contribution in [0.1, 0.15) is 24.8 Å². The first-order chi connectivity index (χ1) is 19.7. The number of carbonyl (C=O) groups excluding carboxylic acids is 2. The summed E-state index contributed by atoms with van der Waals surface area (Å²) in [5.41, 5.74) is 6.77. The summed E-state index contributed by atoms with van der Waals surface area (Å²) in [5.74, 6) is -0.643. The number of aliphatic hydroxyl groups excluding tert-OH is 1. The summed E-state index contributed by atoms with van der Waals surface area (Å²) in [4.78, 5) is 32.7. The Morgan fingerprint density at radius 1 is 0.929 bits per heavy atom. The average Bonchev–Trinajstić information content (AvgIpc) is 2.99. The number of pyridine rings is 1. The number of benzene rings is 3. The van der Waals surface area contributed by atoms with Gasteiger partial charge in [-0.25, -0.2) is 13.4 Å². The minimum atomic E-state index is -4.16. The maximum atomic E-state index is 13.6. The summed E-state index contributed by atoms with van der Waals surface area (Å²) < 4.78 is 28.6. The molecular weight excluding hydrogens is 578 g/mol. The summed E-state index contributed by atoms with van der Waals surface area (Å²) >= 11 is 0. The third kappa shape index (κ3) is 6.99. The number of amides is 2. The van der Waals surface area contributed by atoms with Gasteiger partial charge in [-0.1, -0.05) is 48.5 Å². The highest BCUT2D eigenvalue weighted by Crippen LogP contribution is 2.22. The second kappa shape index (κ2) is 13.5. The lowest BCUT2D eigenvalue weighted by Gasteiger charge is -2.31. The zero-order chi connectivity index (χ0) is 29.0. The van der Waals surface area contributed by atoms with Crippen LogP contribution in [0.4, 0.5) is 5.82 Å². The molecule has 0 spiro atoms. The number of nitrogens with two attached hydrogens (primary N) is 1. The molecule has 2 amide bonds. The van der Waals surface area contributed by atoms with E-state index >= 15 is 0 Å². The molecule has 4 aromatic rings. The SMILES string of the molecule is Cl.Nc1nccc2cc(CC(NC(=O)[C@H](CO)NS(=O)(=O)c3ccc4ccccc4c3)C(=O)N3CCCCC3)ccc12. The van der Waals surface area contributed by atoms with Crippen molar-refractivity contribution in [2.75, 3.05) is 25.4 Å². The van der Waals surface area contributed by atoms with Crippen molar-refractivity contribution in [1.82, 2.24) is 19.9 Å². The fourth-order valence-electron chi connectivity index (χ4n) is 5.18. The number of nitrogens with zero attached hydrogens (tertiary/aromatic N) is 2. The van der Waals surface area contributed by atoms with Crippen LogP contribution in [0, 0.1) is 0 Å². The highest BCUT2D eigenvalue weighted by Gasteiger charge is 2.32. The van der Waals surface area contributed by atoms with E-state index in [9.17, 15) is 23.1 Å². The van der Waals surface area contributed by atoms with Gasteiger partial charge in [-0.2, -0.15) is 4.72 Å². The van der Waals surface area contributed by atoms with Crippen molar-refractivity contribution in [1.29, 1.82) is 0 Å². The van der Waals surface area contributed by atoms with Crippen LogP contribution in [0.2, 0.25) is 0 Å². The molecule has 0 aliphatic carbocycles. The predicted molar refractivity (Wildman–Crippen MR) is 165 cm³/mol. The number of carbonyl (C=O) groups is 2. The first-order valence-electron chi connectivity index (χ1n) is 13.6. The van der Waals surface area contributed by atoms with Crippen LogP contribution in [0.25, 0.3) is 21.5 Å². The molecule has 12 heteroatoms. The Hall–Kier alpha value is -3.77. The molecule has 2 heterocycles. The van der Waals surface area contributed by atoms with Crippen molar-refractivity contribution in [2.24, 2.45) is 0 Å². The van der Waals surface area contributed by atoms with Gasteiger partial charge in [-0.15, -0.1) is 12.4 Å². The topological polar surface area (TPSA) is 155 Å². The van der Waals surface area contributed by atoms with Gasteiger partial charge in [-0.05, 0) is 59.2 Å². The van der Waals surface area contributed by atoms with Crippen LogP contribution >= 0.6 is 12.4 Å². The van der Waals surface area contributed by atoms with Crippen LogP contribution in [-0.4, -0.2) is 67.0 Å². The van der Waals surface area contributed by atoms with Crippen molar-refractivity contribution in [2.45, 2.75) is 42.7 Å². The normalized spacial score (nSPS) is 15.1. The molecule has 0 radical (unpaired) electrons. The van der Waals surface area contributed by atoms with E-state index in [1.54, 1.807) is 29.3 Å². The standard InChI is InChI=1S/C30H33N5O5S.ClH/c31-28-25-11-8-20(16-23(25)12-13-32-28)17-26(30(38)35-14-4-1-5-15-35)33-29(37)27(19-36)34-41(39,40)24-10-9-21-6-2-3-7-22(21)18-24;/h2-3,6-13,16,18,26-27,34,36H,1,4-5,14-15,17,19H2,(H2,31,32)(H,33,37);1H/t26?,27-;/m0./s1. The Bertz CT molecular complexity index is 1690. The minimum absolute atomic E-state index is 0. The Morgan fingerprint density at radius 2 is 1.67 bits per heavy atom. The van der Waals surface area contributed by atoms with E-state index in [1.165, 1.54) is 12.1 Å². The molecule has 0 saturated carbocycles. The van der Waals surface area contributed by atoms with E-state index in [1.807, 2.05) is 36.4 Å². The number of nitrogen functional groups attached to an aromatic ring is 1. The quantitative estimate of drug-likeness (QED) is 0.227. The zero-order valence-corrected chi connectivity index (χ0v) is 24.5. The van der Waals surface area contributed by atoms with Crippen molar-refractivity contribution in [3.8, 4) is 0 Å². The van der Waals surface area contributed by atoms with Crippen LogP contribution < -0.4 is 15.8 Å². The van der Waals surface area contributed by atoms with Gasteiger partial charge in [-0.3, -0.25) is 9.59 Å². The lowest BCUT2D eigenvalue weighted by atomic mass is 10.00. The molecule has 10 nitrogen and oxygen atoms in total. The van der Waals surface area contributed by atoms with Gasteiger partial charge in [0.1, 0.15) is 17.9 Å². The zero-order valence-electron chi connectivity index (χ0n) is 22.9. The molecule has 1 aliphatic rings. The van der Waals surface area contributed by atoms with Crippen molar-refractivity contribution in [3.05, 3.63) is 78.5 Å². The lowest BCUT2D eigenvalue weighted by molar-refractivity contribution is -0.137. The number of aromatic nitrogens is 1. The highest BCUT2D eigenvalue weighted by molar-refractivity contribution is 7.89. The van der Waals surface area contributed by atoms with Gasteiger partial charge < -0.3 is 21.1 Å². The molecule has 5 N–H and O–H groups in total. The van der Waals surface area contributed by atoms with E-state index in [-0.39, 0.29) is 29.6 Å². The maximum absolute atomic E-state index is 13.6. The largest absolute Gasteiger partial charge is 0.394 e. The van der Waals surface area contributed by atoms with E-state index < -0.39 is 34.6 Å². The second-order valence-electron chi connectivity index (χ2n) is 10.3. The Labute approximate surface area is 250 Å². The maximum Gasteiger partial charge on any atom is 0.245 e. The lowest BCUT2D eigenvalue weighted by Crippen LogP contribution is -2.56. The van der Waals surface area contributed by atoms with Gasteiger partial charge in [0.25, 0.3) is 0 Å². The van der Waals surface area contributed by atoms with Gasteiger partial charge >= 0.3 is 0 Å². The number of halogens is 1. The monoisotopic (exact) mass is 611 g/mol. The summed E-state index contributed by atoms with van der Waals surface area (Å²) in [5, 5.41) is 16.0. The molecule has 3 aromatic carbocycles. The number of likely N-dealkylation sites (tertiary alicyclic amines) is 1. The third-order valence-corrected chi connectivity index (χ3v) is 8.88. The molecule has 1 saturated heterocycles. The number of piperidine rings is 1. The Kier molecular flexibility index (Phi) is 10.00. The summed E-state index contributed by atoms with van der Waals surface area (Å²) in [7, 11) is -4.16. The van der Waals surface area contributed by atoms with E-state index in [0.29, 0.717) is 18.9 Å². The fraction of sp³-hybridized carbons (Fsp3) is 0.300. The van der Waals surface area contributed by atoms with Crippen molar-refractivity contribution < 1.29 is 23.1 Å². The van der Waals surface area contributed by atoms with Crippen molar-refractivity contribution >= 4 is 61.6 Å². The third-order valence-electron chi connectivity index (χ3n) is 7.41.